The number of esters is 1. The second kappa shape index (κ2) is 10.6. The van der Waals surface area contributed by atoms with Gasteiger partial charge in [-0.05, 0) is 48.6 Å². The van der Waals surface area contributed by atoms with Gasteiger partial charge in [0.15, 0.2) is 5.82 Å². The fourth-order valence-electron chi connectivity index (χ4n) is 4.41. The quantitative estimate of drug-likeness (QED) is 0.317. The van der Waals surface area contributed by atoms with Crippen LogP contribution >= 0.6 is 0 Å². The van der Waals surface area contributed by atoms with Crippen molar-refractivity contribution in [2.75, 3.05) is 12.4 Å². The fraction of sp³-hybridized carbons (Fsp3) is 0.682. The van der Waals surface area contributed by atoms with E-state index in [2.05, 4.69) is 19.2 Å². The van der Waals surface area contributed by atoms with Gasteiger partial charge in [0.2, 0.25) is 0 Å². The highest BCUT2D eigenvalue weighted by Gasteiger charge is 2.31. The Bertz CT molecular complexity index is 717. The van der Waals surface area contributed by atoms with Crippen LogP contribution in [0.4, 0.5) is 15.8 Å². The topological polar surface area (TPSA) is 81.5 Å². The first kappa shape index (κ1) is 23.1. The third-order valence-corrected chi connectivity index (χ3v) is 6.08. The van der Waals surface area contributed by atoms with Crippen molar-refractivity contribution in [1.29, 1.82) is 0 Å². The van der Waals surface area contributed by atoms with E-state index >= 15 is 4.39 Å². The maximum Gasteiger partial charge on any atom is 0.306 e. The summed E-state index contributed by atoms with van der Waals surface area (Å²) in [4.78, 5) is 22.9. The van der Waals surface area contributed by atoms with Crippen LogP contribution in [0.2, 0.25) is 0 Å². The lowest BCUT2D eigenvalue weighted by atomic mass is 9.79. The molecule has 0 saturated heterocycles. The summed E-state index contributed by atoms with van der Waals surface area (Å²) in [6, 6.07) is 2.71. The molecule has 1 aliphatic rings. The van der Waals surface area contributed by atoms with E-state index in [1.165, 1.54) is 25.7 Å². The van der Waals surface area contributed by atoms with Crippen LogP contribution in [0.5, 0.6) is 0 Å². The SMILES string of the molecule is CCC(CC(=O)OC)c1cc(F)c(NC(C(C)C)C2CCCCC2)c([N+](=O)[O-])c1. The lowest BCUT2D eigenvalue weighted by molar-refractivity contribution is -0.384. The lowest BCUT2D eigenvalue weighted by Crippen LogP contribution is -2.35. The average molecular weight is 409 g/mol. The van der Waals surface area contributed by atoms with E-state index < -0.39 is 16.7 Å². The Labute approximate surface area is 172 Å². The molecule has 7 heteroatoms. The van der Waals surface area contributed by atoms with E-state index in [9.17, 15) is 14.9 Å². The number of nitrogens with one attached hydrogen (secondary N) is 1. The van der Waals surface area contributed by atoms with Gasteiger partial charge in [-0.3, -0.25) is 14.9 Å². The van der Waals surface area contributed by atoms with Crippen molar-refractivity contribution in [1.82, 2.24) is 0 Å². The first-order valence-corrected chi connectivity index (χ1v) is 10.6. The molecule has 0 amide bonds. The fourth-order valence-corrected chi connectivity index (χ4v) is 4.41. The molecule has 0 heterocycles. The summed E-state index contributed by atoms with van der Waals surface area (Å²) in [6.07, 6.45) is 6.22. The second-order valence-corrected chi connectivity index (χ2v) is 8.35. The van der Waals surface area contributed by atoms with Crippen molar-refractivity contribution in [2.24, 2.45) is 11.8 Å². The Morgan fingerprint density at radius 3 is 2.48 bits per heavy atom. The normalized spacial score (nSPS) is 17.0. The zero-order valence-electron chi connectivity index (χ0n) is 17.9. The highest BCUT2D eigenvalue weighted by molar-refractivity contribution is 5.71. The monoisotopic (exact) mass is 408 g/mol. The number of nitro groups is 1. The van der Waals surface area contributed by atoms with Gasteiger partial charge in [0, 0.05) is 12.1 Å². The predicted octanol–water partition coefficient (Wildman–Crippen LogP) is 5.81. The molecular weight excluding hydrogens is 375 g/mol. The van der Waals surface area contributed by atoms with Crippen LogP contribution in [0.1, 0.15) is 77.2 Å². The van der Waals surface area contributed by atoms with Crippen molar-refractivity contribution < 1.29 is 18.8 Å². The van der Waals surface area contributed by atoms with Gasteiger partial charge in [-0.2, -0.15) is 0 Å². The summed E-state index contributed by atoms with van der Waals surface area (Å²) in [5.74, 6) is -0.785. The van der Waals surface area contributed by atoms with E-state index in [-0.39, 0.29) is 35.7 Å². The van der Waals surface area contributed by atoms with Crippen LogP contribution in [0.25, 0.3) is 0 Å². The predicted molar refractivity (Wildman–Crippen MR) is 112 cm³/mol. The number of anilines is 1. The number of carbonyl (C=O) groups excluding carboxylic acids is 1. The van der Waals surface area contributed by atoms with E-state index in [1.807, 2.05) is 6.92 Å². The minimum Gasteiger partial charge on any atom is -0.469 e. The van der Waals surface area contributed by atoms with Gasteiger partial charge in [0.1, 0.15) is 5.69 Å². The van der Waals surface area contributed by atoms with Crippen LogP contribution in [0.3, 0.4) is 0 Å². The molecule has 0 spiro atoms. The Hall–Kier alpha value is -2.18. The minimum atomic E-state index is -0.640. The molecule has 1 N–H and O–H groups in total. The van der Waals surface area contributed by atoms with Crippen molar-refractivity contribution in [3.8, 4) is 0 Å². The van der Waals surface area contributed by atoms with Gasteiger partial charge in [-0.15, -0.1) is 0 Å². The molecule has 0 aromatic heterocycles. The number of rotatable bonds is 9. The maximum absolute atomic E-state index is 15.1. The molecule has 1 aromatic rings. The van der Waals surface area contributed by atoms with Crippen LogP contribution in [0, 0.1) is 27.8 Å². The molecule has 162 valence electrons. The Balaban J connectivity index is 2.38. The van der Waals surface area contributed by atoms with Gasteiger partial charge in [0.05, 0.1) is 18.5 Å². The number of methoxy groups -OCH3 is 1. The maximum atomic E-state index is 15.1. The molecule has 6 nitrogen and oxygen atoms in total. The number of nitrogens with zero attached hydrogens (tertiary/aromatic N) is 1. The summed E-state index contributed by atoms with van der Waals surface area (Å²) < 4.78 is 19.8. The molecule has 1 aromatic carbocycles. The minimum absolute atomic E-state index is 0.0219. The lowest BCUT2D eigenvalue weighted by Gasteiger charge is -2.34. The zero-order valence-corrected chi connectivity index (χ0v) is 17.9. The highest BCUT2D eigenvalue weighted by atomic mass is 19.1. The number of ether oxygens (including phenoxy) is 1. The third-order valence-electron chi connectivity index (χ3n) is 6.08. The van der Waals surface area contributed by atoms with E-state index in [0.29, 0.717) is 17.9 Å². The number of halogens is 1. The van der Waals surface area contributed by atoms with Gasteiger partial charge in [-0.25, -0.2) is 4.39 Å². The van der Waals surface area contributed by atoms with Gasteiger partial charge < -0.3 is 10.1 Å². The van der Waals surface area contributed by atoms with Gasteiger partial charge >= 0.3 is 5.97 Å². The largest absolute Gasteiger partial charge is 0.469 e. The van der Waals surface area contributed by atoms with Gasteiger partial charge in [0.25, 0.3) is 5.69 Å². The third kappa shape index (κ3) is 5.90. The molecule has 0 bridgehead atoms. The molecule has 1 aliphatic carbocycles. The first-order chi connectivity index (χ1) is 13.8. The van der Waals surface area contributed by atoms with Crippen LogP contribution < -0.4 is 5.32 Å². The second-order valence-electron chi connectivity index (χ2n) is 8.35. The molecule has 2 unspecified atom stereocenters. The standard InChI is InChI=1S/C22H33FN2O4/c1-5-15(13-20(26)29-4)17-11-18(23)22(19(12-17)25(27)28)24-21(14(2)3)16-9-7-6-8-10-16/h11-12,14-16,21,24H,5-10,13H2,1-4H3. The molecule has 2 atom stereocenters. The number of nitro benzene ring substituents is 1. The van der Waals surface area contributed by atoms with Crippen LogP contribution in [0.15, 0.2) is 12.1 Å². The molecule has 1 saturated carbocycles. The molecule has 1 fully saturated rings. The zero-order chi connectivity index (χ0) is 21.6. The van der Waals surface area contributed by atoms with Gasteiger partial charge in [-0.1, -0.05) is 40.0 Å². The van der Waals surface area contributed by atoms with Crippen molar-refractivity contribution in [3.05, 3.63) is 33.6 Å². The summed E-state index contributed by atoms with van der Waals surface area (Å²) in [7, 11) is 1.29. The van der Waals surface area contributed by atoms with Crippen molar-refractivity contribution in [3.63, 3.8) is 0 Å². The first-order valence-electron chi connectivity index (χ1n) is 10.6. The Morgan fingerprint density at radius 2 is 1.97 bits per heavy atom. The molecular formula is C22H33FN2O4. The van der Waals surface area contributed by atoms with Crippen LogP contribution in [-0.4, -0.2) is 24.0 Å². The smallest absolute Gasteiger partial charge is 0.306 e. The summed E-state index contributed by atoms with van der Waals surface area (Å²) >= 11 is 0. The number of benzene rings is 1. The number of hydrogen-bond donors (Lipinski definition) is 1. The molecule has 2 rings (SSSR count). The molecule has 0 aliphatic heterocycles. The number of hydrogen-bond acceptors (Lipinski definition) is 5. The van der Waals surface area contributed by atoms with E-state index in [1.54, 1.807) is 0 Å². The van der Waals surface area contributed by atoms with E-state index in [4.69, 9.17) is 4.74 Å². The summed E-state index contributed by atoms with van der Waals surface area (Å²) in [5, 5.41) is 14.9. The average Bonchev–Trinajstić information content (AvgIpc) is 2.70. The molecule has 0 radical (unpaired) electrons. The summed E-state index contributed by atoms with van der Waals surface area (Å²) in [6.45, 7) is 5.99. The summed E-state index contributed by atoms with van der Waals surface area (Å²) in [5.41, 5.74) is 0.132. The van der Waals surface area contributed by atoms with Crippen molar-refractivity contribution >= 4 is 17.3 Å². The van der Waals surface area contributed by atoms with E-state index in [0.717, 1.165) is 25.7 Å². The number of carbonyl (C=O) groups is 1. The Morgan fingerprint density at radius 1 is 1.31 bits per heavy atom. The van der Waals surface area contributed by atoms with Crippen LogP contribution in [-0.2, 0) is 9.53 Å². The molecule has 29 heavy (non-hydrogen) atoms. The highest BCUT2D eigenvalue weighted by Crippen LogP contribution is 2.38. The van der Waals surface area contributed by atoms with Crippen molar-refractivity contribution in [2.45, 2.75) is 77.7 Å². The Kier molecular flexibility index (Phi) is 8.41.